The van der Waals surface area contributed by atoms with Crippen molar-refractivity contribution in [3.05, 3.63) is 24.3 Å². The molecular weight excluding hydrogens is 288 g/mol. The molecule has 0 saturated heterocycles. The van der Waals surface area contributed by atoms with E-state index in [1.807, 2.05) is 20.8 Å². The van der Waals surface area contributed by atoms with Gasteiger partial charge in [-0.1, -0.05) is 20.8 Å². The number of hydrogen-bond donors (Lipinski definition) is 1. The largest absolute Gasteiger partial charge is 0.494 e. The molecule has 0 amide bonds. The summed E-state index contributed by atoms with van der Waals surface area (Å²) in [5.41, 5.74) is 5.30. The third kappa shape index (κ3) is 5.65. The van der Waals surface area contributed by atoms with Gasteiger partial charge in [0, 0.05) is 13.6 Å². The maximum Gasteiger partial charge on any atom is 0.242 e. The average molecular weight is 314 g/mol. The van der Waals surface area contributed by atoms with Gasteiger partial charge in [0.15, 0.2) is 0 Å². The molecule has 0 unspecified atom stereocenters. The van der Waals surface area contributed by atoms with Gasteiger partial charge >= 0.3 is 0 Å². The minimum atomic E-state index is -3.46. The zero-order chi connectivity index (χ0) is 16.1. The fourth-order valence-corrected chi connectivity index (χ4v) is 3.31. The molecule has 0 radical (unpaired) electrons. The maximum atomic E-state index is 12.5. The highest BCUT2D eigenvalue weighted by Gasteiger charge is 2.25. The lowest BCUT2D eigenvalue weighted by atomic mass is 9.97. The van der Waals surface area contributed by atoms with Crippen LogP contribution in [-0.2, 0) is 10.0 Å². The van der Waals surface area contributed by atoms with Gasteiger partial charge in [-0.3, -0.25) is 0 Å². The van der Waals surface area contributed by atoms with Gasteiger partial charge < -0.3 is 10.5 Å². The van der Waals surface area contributed by atoms with Crippen LogP contribution in [0.5, 0.6) is 5.75 Å². The lowest BCUT2D eigenvalue weighted by Gasteiger charge is -2.26. The Morgan fingerprint density at radius 3 is 2.24 bits per heavy atom. The van der Waals surface area contributed by atoms with Crippen LogP contribution < -0.4 is 10.5 Å². The standard InChI is InChI=1S/C15H26N2O3S/c1-15(2,3)12-17(4)21(18,19)14-8-6-13(7-9-14)20-11-5-10-16/h6-9H,5,10-12,16H2,1-4H3. The molecule has 1 rings (SSSR count). The zero-order valence-corrected chi connectivity index (χ0v) is 14.1. The second-order valence-corrected chi connectivity index (χ2v) is 8.33. The molecule has 0 heterocycles. The van der Waals surface area contributed by atoms with Crippen LogP contribution in [0.3, 0.4) is 0 Å². The molecule has 2 N–H and O–H groups in total. The molecule has 120 valence electrons. The molecule has 1 aromatic carbocycles. The molecule has 0 atom stereocenters. The van der Waals surface area contributed by atoms with Crippen LogP contribution in [0.1, 0.15) is 27.2 Å². The number of rotatable bonds is 7. The van der Waals surface area contributed by atoms with E-state index in [0.717, 1.165) is 6.42 Å². The lowest BCUT2D eigenvalue weighted by Crippen LogP contribution is -2.34. The van der Waals surface area contributed by atoms with E-state index in [0.29, 0.717) is 25.4 Å². The summed E-state index contributed by atoms with van der Waals surface area (Å²) in [7, 11) is -1.85. The van der Waals surface area contributed by atoms with Gasteiger partial charge in [-0.25, -0.2) is 12.7 Å². The van der Waals surface area contributed by atoms with E-state index >= 15 is 0 Å². The molecule has 0 aromatic heterocycles. The Kier molecular flexibility index (Phi) is 6.19. The number of nitrogens with two attached hydrogens (primary N) is 1. The summed E-state index contributed by atoms with van der Waals surface area (Å²) in [5, 5.41) is 0. The van der Waals surface area contributed by atoms with Crippen LogP contribution in [0.4, 0.5) is 0 Å². The Morgan fingerprint density at radius 1 is 1.19 bits per heavy atom. The van der Waals surface area contributed by atoms with Crippen molar-refractivity contribution in [2.45, 2.75) is 32.1 Å². The summed E-state index contributed by atoms with van der Waals surface area (Å²) in [4.78, 5) is 0.278. The third-order valence-electron chi connectivity index (χ3n) is 2.85. The maximum absolute atomic E-state index is 12.5. The minimum absolute atomic E-state index is 0.0902. The first kappa shape index (κ1) is 17.9. The normalized spacial score (nSPS) is 12.7. The van der Waals surface area contributed by atoms with E-state index in [-0.39, 0.29) is 10.3 Å². The van der Waals surface area contributed by atoms with Crippen molar-refractivity contribution in [1.82, 2.24) is 4.31 Å². The molecule has 1 aromatic rings. The molecule has 0 aliphatic rings. The second-order valence-electron chi connectivity index (χ2n) is 6.28. The molecule has 0 aliphatic carbocycles. The zero-order valence-electron chi connectivity index (χ0n) is 13.3. The quantitative estimate of drug-likeness (QED) is 0.782. The van der Waals surface area contributed by atoms with E-state index in [9.17, 15) is 8.42 Å². The number of nitrogens with zero attached hydrogens (tertiary/aromatic N) is 1. The van der Waals surface area contributed by atoms with Crippen LogP contribution in [0.2, 0.25) is 0 Å². The third-order valence-corrected chi connectivity index (χ3v) is 4.66. The summed E-state index contributed by atoms with van der Waals surface area (Å²) in [6, 6.07) is 6.50. The van der Waals surface area contributed by atoms with Crippen molar-refractivity contribution in [2.24, 2.45) is 11.1 Å². The van der Waals surface area contributed by atoms with Gasteiger partial charge in [0.05, 0.1) is 11.5 Å². The summed E-state index contributed by atoms with van der Waals surface area (Å²) in [6.45, 7) is 7.59. The first-order valence-corrected chi connectivity index (χ1v) is 8.50. The lowest BCUT2D eigenvalue weighted by molar-refractivity contribution is 0.309. The highest BCUT2D eigenvalue weighted by Crippen LogP contribution is 2.22. The number of sulfonamides is 1. The first-order chi connectivity index (χ1) is 9.66. The van der Waals surface area contributed by atoms with E-state index < -0.39 is 10.0 Å². The van der Waals surface area contributed by atoms with Crippen molar-refractivity contribution >= 4 is 10.0 Å². The molecular formula is C15H26N2O3S. The van der Waals surface area contributed by atoms with Crippen molar-refractivity contribution in [2.75, 3.05) is 26.7 Å². The summed E-state index contributed by atoms with van der Waals surface area (Å²) >= 11 is 0. The Labute approximate surface area is 128 Å². The van der Waals surface area contributed by atoms with Crippen LogP contribution in [0.25, 0.3) is 0 Å². The molecule has 0 aliphatic heterocycles. The summed E-state index contributed by atoms with van der Waals surface area (Å²) in [6.07, 6.45) is 0.772. The van der Waals surface area contributed by atoms with Gasteiger partial charge in [-0.2, -0.15) is 0 Å². The fourth-order valence-electron chi connectivity index (χ4n) is 1.91. The predicted octanol–water partition coefficient (Wildman–Crippen LogP) is 2.08. The second kappa shape index (κ2) is 7.24. The molecule has 0 bridgehead atoms. The molecule has 0 spiro atoms. The monoisotopic (exact) mass is 314 g/mol. The van der Waals surface area contributed by atoms with E-state index in [1.54, 1.807) is 31.3 Å². The molecule has 6 heteroatoms. The van der Waals surface area contributed by atoms with E-state index in [4.69, 9.17) is 10.5 Å². The van der Waals surface area contributed by atoms with Crippen molar-refractivity contribution < 1.29 is 13.2 Å². The van der Waals surface area contributed by atoms with E-state index in [2.05, 4.69) is 0 Å². The van der Waals surface area contributed by atoms with Crippen molar-refractivity contribution in [3.63, 3.8) is 0 Å². The topological polar surface area (TPSA) is 72.6 Å². The fraction of sp³-hybridized carbons (Fsp3) is 0.600. The Hall–Kier alpha value is -1.11. The van der Waals surface area contributed by atoms with Gasteiger partial charge in [-0.15, -0.1) is 0 Å². The Bertz CT molecular complexity index is 533. The molecule has 21 heavy (non-hydrogen) atoms. The van der Waals surface area contributed by atoms with Gasteiger partial charge in [-0.05, 0) is 42.6 Å². The summed E-state index contributed by atoms with van der Waals surface area (Å²) in [5.74, 6) is 0.654. The van der Waals surface area contributed by atoms with Gasteiger partial charge in [0.25, 0.3) is 0 Å². The van der Waals surface area contributed by atoms with Crippen molar-refractivity contribution in [3.8, 4) is 5.75 Å². The summed E-state index contributed by atoms with van der Waals surface area (Å²) < 4.78 is 31.8. The predicted molar refractivity (Wildman–Crippen MR) is 84.9 cm³/mol. The SMILES string of the molecule is CN(CC(C)(C)C)S(=O)(=O)c1ccc(OCCCN)cc1. The van der Waals surface area contributed by atoms with Gasteiger partial charge in [0.1, 0.15) is 5.75 Å². The smallest absolute Gasteiger partial charge is 0.242 e. The van der Waals surface area contributed by atoms with Crippen LogP contribution in [0.15, 0.2) is 29.2 Å². The molecule has 0 saturated carbocycles. The van der Waals surface area contributed by atoms with Crippen LogP contribution in [-0.4, -0.2) is 39.5 Å². The number of hydrogen-bond acceptors (Lipinski definition) is 4. The molecule has 0 fully saturated rings. The van der Waals surface area contributed by atoms with Gasteiger partial charge in [0.2, 0.25) is 10.0 Å². The Balaban J connectivity index is 2.80. The average Bonchev–Trinajstić information content (AvgIpc) is 2.37. The van der Waals surface area contributed by atoms with Crippen LogP contribution in [0, 0.1) is 5.41 Å². The highest BCUT2D eigenvalue weighted by molar-refractivity contribution is 7.89. The van der Waals surface area contributed by atoms with E-state index in [1.165, 1.54) is 4.31 Å². The highest BCUT2D eigenvalue weighted by atomic mass is 32.2. The number of ether oxygens (including phenoxy) is 1. The van der Waals surface area contributed by atoms with Crippen LogP contribution >= 0.6 is 0 Å². The minimum Gasteiger partial charge on any atom is -0.494 e. The first-order valence-electron chi connectivity index (χ1n) is 7.06. The molecule has 5 nitrogen and oxygen atoms in total. The van der Waals surface area contributed by atoms with Crippen molar-refractivity contribution in [1.29, 1.82) is 0 Å². The Morgan fingerprint density at radius 2 is 1.76 bits per heavy atom. The number of benzene rings is 1.